The molecule has 0 spiro atoms. The molecule has 1 aromatic carbocycles. The molecule has 1 aromatic rings. The van der Waals surface area contributed by atoms with E-state index in [1.165, 1.54) is 11.1 Å². The maximum absolute atomic E-state index is 3.50. The topological polar surface area (TPSA) is 12.0 Å². The van der Waals surface area contributed by atoms with Gasteiger partial charge < -0.3 is 5.32 Å². The van der Waals surface area contributed by atoms with E-state index in [-0.39, 0.29) is 5.54 Å². The van der Waals surface area contributed by atoms with Crippen molar-refractivity contribution in [2.75, 3.05) is 6.54 Å². The van der Waals surface area contributed by atoms with Crippen molar-refractivity contribution in [2.45, 2.75) is 46.1 Å². The summed E-state index contributed by atoms with van der Waals surface area (Å²) in [5.41, 5.74) is 3.02. The third-order valence-electron chi connectivity index (χ3n) is 2.69. The Hall–Kier alpha value is -0.600. The monoisotopic (exact) mass is 309 g/mol. The molecule has 0 aliphatic heterocycles. The zero-order chi connectivity index (χ0) is 13.6. The summed E-state index contributed by atoms with van der Waals surface area (Å²) in [7, 11) is 0. The smallest absolute Gasteiger partial charge is 0.0175 e. The fraction of sp³-hybridized carbons (Fsp3) is 0.500. The SMILES string of the molecule is CC(=CCCNC(C)(C)C)Cc1ccc(Br)cc1. The predicted molar refractivity (Wildman–Crippen MR) is 84.0 cm³/mol. The van der Waals surface area contributed by atoms with Crippen LogP contribution in [0.2, 0.25) is 0 Å². The highest BCUT2D eigenvalue weighted by Crippen LogP contribution is 2.13. The van der Waals surface area contributed by atoms with E-state index in [4.69, 9.17) is 0 Å². The lowest BCUT2D eigenvalue weighted by Gasteiger charge is -2.19. The van der Waals surface area contributed by atoms with Crippen LogP contribution in [0.15, 0.2) is 40.4 Å². The molecule has 1 rings (SSSR count). The highest BCUT2D eigenvalue weighted by molar-refractivity contribution is 9.10. The van der Waals surface area contributed by atoms with E-state index in [9.17, 15) is 0 Å². The average Bonchev–Trinajstić information content (AvgIpc) is 2.26. The number of allylic oxidation sites excluding steroid dienone is 1. The molecular formula is C16H24BrN. The van der Waals surface area contributed by atoms with Crippen LogP contribution in [0.4, 0.5) is 0 Å². The molecule has 1 nitrogen and oxygen atoms in total. The van der Waals surface area contributed by atoms with Crippen molar-refractivity contribution in [3.63, 3.8) is 0 Å². The number of hydrogen-bond acceptors (Lipinski definition) is 1. The molecule has 0 saturated heterocycles. The van der Waals surface area contributed by atoms with E-state index in [0.717, 1.165) is 23.9 Å². The fourth-order valence-corrected chi connectivity index (χ4v) is 2.03. The zero-order valence-electron chi connectivity index (χ0n) is 11.9. The molecular weight excluding hydrogens is 286 g/mol. The molecule has 0 atom stereocenters. The first-order valence-electron chi connectivity index (χ1n) is 6.52. The van der Waals surface area contributed by atoms with Gasteiger partial charge in [0.1, 0.15) is 0 Å². The highest BCUT2D eigenvalue weighted by Gasteiger charge is 2.06. The lowest BCUT2D eigenvalue weighted by molar-refractivity contribution is 0.431. The van der Waals surface area contributed by atoms with Gasteiger partial charge in [-0.05, 0) is 64.8 Å². The summed E-state index contributed by atoms with van der Waals surface area (Å²) in [6.07, 6.45) is 4.48. The molecule has 0 radical (unpaired) electrons. The van der Waals surface area contributed by atoms with Crippen molar-refractivity contribution in [1.29, 1.82) is 0 Å². The molecule has 0 aliphatic rings. The van der Waals surface area contributed by atoms with Crippen LogP contribution in [-0.4, -0.2) is 12.1 Å². The molecule has 0 saturated carbocycles. The van der Waals surface area contributed by atoms with Crippen LogP contribution in [-0.2, 0) is 6.42 Å². The van der Waals surface area contributed by atoms with Crippen molar-refractivity contribution in [3.05, 3.63) is 46.0 Å². The second-order valence-electron chi connectivity index (χ2n) is 5.82. The summed E-state index contributed by atoms with van der Waals surface area (Å²) in [5.74, 6) is 0. The van der Waals surface area contributed by atoms with E-state index < -0.39 is 0 Å². The number of benzene rings is 1. The summed E-state index contributed by atoms with van der Waals surface area (Å²) < 4.78 is 1.14. The zero-order valence-corrected chi connectivity index (χ0v) is 13.5. The number of hydrogen-bond donors (Lipinski definition) is 1. The predicted octanol–water partition coefficient (Wildman–Crippen LogP) is 4.72. The lowest BCUT2D eigenvalue weighted by Crippen LogP contribution is -2.36. The molecule has 1 N–H and O–H groups in total. The minimum atomic E-state index is 0.216. The van der Waals surface area contributed by atoms with Gasteiger partial charge in [-0.2, -0.15) is 0 Å². The van der Waals surface area contributed by atoms with Gasteiger partial charge in [-0.25, -0.2) is 0 Å². The Morgan fingerprint density at radius 1 is 1.22 bits per heavy atom. The van der Waals surface area contributed by atoms with Crippen LogP contribution in [0.1, 0.15) is 39.7 Å². The Balaban J connectivity index is 2.36. The van der Waals surface area contributed by atoms with Crippen LogP contribution in [0, 0.1) is 0 Å². The molecule has 0 heterocycles. The van der Waals surface area contributed by atoms with Crippen LogP contribution in [0.3, 0.4) is 0 Å². The summed E-state index contributed by atoms with van der Waals surface area (Å²) in [6, 6.07) is 8.55. The fourth-order valence-electron chi connectivity index (χ4n) is 1.76. The van der Waals surface area contributed by atoms with E-state index in [1.807, 2.05) is 0 Å². The summed E-state index contributed by atoms with van der Waals surface area (Å²) >= 11 is 3.46. The first kappa shape index (κ1) is 15.5. The molecule has 0 unspecified atom stereocenters. The number of rotatable bonds is 5. The first-order valence-corrected chi connectivity index (χ1v) is 7.31. The quantitative estimate of drug-likeness (QED) is 0.613. The van der Waals surface area contributed by atoms with Gasteiger partial charge in [-0.1, -0.05) is 39.7 Å². The van der Waals surface area contributed by atoms with Gasteiger partial charge in [0, 0.05) is 10.0 Å². The largest absolute Gasteiger partial charge is 0.312 e. The normalized spacial score (nSPS) is 12.8. The summed E-state index contributed by atoms with van der Waals surface area (Å²) in [5, 5.41) is 3.50. The van der Waals surface area contributed by atoms with Crippen molar-refractivity contribution < 1.29 is 0 Å². The van der Waals surface area contributed by atoms with E-state index in [1.54, 1.807) is 0 Å². The van der Waals surface area contributed by atoms with Gasteiger partial charge in [-0.15, -0.1) is 0 Å². The minimum Gasteiger partial charge on any atom is -0.312 e. The van der Waals surface area contributed by atoms with Gasteiger partial charge in [0.05, 0.1) is 0 Å². The molecule has 0 fully saturated rings. The Bertz CT molecular complexity index is 385. The second-order valence-corrected chi connectivity index (χ2v) is 6.73. The molecule has 2 heteroatoms. The third kappa shape index (κ3) is 6.97. The van der Waals surface area contributed by atoms with Crippen LogP contribution in [0.5, 0.6) is 0 Å². The van der Waals surface area contributed by atoms with Crippen molar-refractivity contribution in [2.24, 2.45) is 0 Å². The van der Waals surface area contributed by atoms with Crippen LogP contribution in [0.25, 0.3) is 0 Å². The summed E-state index contributed by atoms with van der Waals surface area (Å²) in [4.78, 5) is 0. The lowest BCUT2D eigenvalue weighted by atomic mass is 10.1. The Kier molecular flexibility index (Phi) is 6.10. The molecule has 18 heavy (non-hydrogen) atoms. The second kappa shape index (κ2) is 7.10. The Morgan fingerprint density at radius 2 is 1.83 bits per heavy atom. The molecule has 0 aromatic heterocycles. The number of halogens is 1. The van der Waals surface area contributed by atoms with E-state index >= 15 is 0 Å². The maximum Gasteiger partial charge on any atom is 0.0175 e. The third-order valence-corrected chi connectivity index (χ3v) is 3.22. The van der Waals surface area contributed by atoms with Gasteiger partial charge in [0.2, 0.25) is 0 Å². The van der Waals surface area contributed by atoms with E-state index in [2.05, 4.69) is 79.3 Å². The van der Waals surface area contributed by atoms with Gasteiger partial charge in [0.25, 0.3) is 0 Å². The highest BCUT2D eigenvalue weighted by atomic mass is 79.9. The van der Waals surface area contributed by atoms with Crippen molar-refractivity contribution in [3.8, 4) is 0 Å². The maximum atomic E-state index is 3.50. The van der Waals surface area contributed by atoms with E-state index in [0.29, 0.717) is 0 Å². The molecule has 0 bridgehead atoms. The molecule has 100 valence electrons. The van der Waals surface area contributed by atoms with Crippen molar-refractivity contribution in [1.82, 2.24) is 5.32 Å². The standard InChI is InChI=1S/C16H24BrN/c1-13(6-5-11-18-16(2,3)4)12-14-7-9-15(17)10-8-14/h6-10,18H,5,11-12H2,1-4H3. The van der Waals surface area contributed by atoms with Crippen LogP contribution < -0.4 is 5.32 Å². The van der Waals surface area contributed by atoms with Gasteiger partial charge in [-0.3, -0.25) is 0 Å². The Labute approximate surface area is 120 Å². The molecule has 0 aliphatic carbocycles. The summed E-state index contributed by atoms with van der Waals surface area (Å²) in [6.45, 7) is 9.85. The molecule has 0 amide bonds. The first-order chi connectivity index (χ1) is 8.37. The Morgan fingerprint density at radius 3 is 2.39 bits per heavy atom. The van der Waals surface area contributed by atoms with Crippen LogP contribution >= 0.6 is 15.9 Å². The van der Waals surface area contributed by atoms with Gasteiger partial charge in [0.15, 0.2) is 0 Å². The average molecular weight is 310 g/mol. The van der Waals surface area contributed by atoms with Gasteiger partial charge >= 0.3 is 0 Å². The van der Waals surface area contributed by atoms with Crippen molar-refractivity contribution >= 4 is 15.9 Å². The number of nitrogens with one attached hydrogen (secondary N) is 1. The minimum absolute atomic E-state index is 0.216.